The van der Waals surface area contributed by atoms with Gasteiger partial charge in [0.25, 0.3) is 0 Å². The first-order valence-electron chi connectivity index (χ1n) is 5.50. The molecule has 0 aliphatic carbocycles. The average Bonchev–Trinajstić information content (AvgIpc) is 2.29. The topological polar surface area (TPSA) is 33.0 Å². The van der Waals surface area contributed by atoms with Gasteiger partial charge in [0, 0.05) is 0 Å². The van der Waals surface area contributed by atoms with E-state index in [0.29, 0.717) is 17.9 Å². The molecule has 1 aromatic rings. The van der Waals surface area contributed by atoms with Gasteiger partial charge in [-0.15, -0.1) is 0 Å². The molecule has 0 aromatic heterocycles. The van der Waals surface area contributed by atoms with Gasteiger partial charge in [-0.25, -0.2) is 0 Å². The van der Waals surface area contributed by atoms with Crippen molar-refractivity contribution in [1.82, 2.24) is 0 Å². The summed E-state index contributed by atoms with van der Waals surface area (Å²) in [6, 6.07) is 9.49. The van der Waals surface area contributed by atoms with Crippen LogP contribution in [-0.2, 0) is 0 Å². The van der Waals surface area contributed by atoms with Gasteiger partial charge >= 0.3 is 0 Å². The van der Waals surface area contributed by atoms with Gasteiger partial charge in [-0.2, -0.15) is 5.26 Å². The highest BCUT2D eigenvalue weighted by molar-refractivity contribution is 5.42. The van der Waals surface area contributed by atoms with Crippen LogP contribution in [0.4, 0.5) is 0 Å². The highest BCUT2D eigenvalue weighted by Gasteiger charge is 2.00. The van der Waals surface area contributed by atoms with Crippen LogP contribution < -0.4 is 4.74 Å². The van der Waals surface area contributed by atoms with E-state index in [-0.39, 0.29) is 0 Å². The van der Waals surface area contributed by atoms with Crippen LogP contribution in [0, 0.1) is 11.3 Å². The van der Waals surface area contributed by atoms with Crippen molar-refractivity contribution in [1.29, 1.82) is 5.26 Å². The molecule has 0 fully saturated rings. The quantitative estimate of drug-likeness (QED) is 0.663. The van der Waals surface area contributed by atoms with E-state index in [1.165, 1.54) is 19.3 Å². The van der Waals surface area contributed by atoms with Gasteiger partial charge in [-0.3, -0.25) is 0 Å². The van der Waals surface area contributed by atoms with Crippen LogP contribution in [0.3, 0.4) is 0 Å². The lowest BCUT2D eigenvalue weighted by Crippen LogP contribution is -1.98. The summed E-state index contributed by atoms with van der Waals surface area (Å²) in [5, 5.41) is 8.83. The molecule has 0 radical (unpaired) electrons. The Morgan fingerprint density at radius 3 is 2.73 bits per heavy atom. The van der Waals surface area contributed by atoms with Gasteiger partial charge < -0.3 is 4.74 Å². The molecule has 2 heteroatoms. The fraction of sp³-hybridized carbons (Fsp3) is 0.462. The van der Waals surface area contributed by atoms with E-state index >= 15 is 0 Å². The molecule has 15 heavy (non-hydrogen) atoms. The van der Waals surface area contributed by atoms with Crippen LogP contribution in [0.2, 0.25) is 0 Å². The molecule has 0 spiro atoms. The third-order valence-electron chi connectivity index (χ3n) is 2.26. The molecule has 2 nitrogen and oxygen atoms in total. The molecular formula is C13H17NO. The van der Waals surface area contributed by atoms with Gasteiger partial charge in [0.1, 0.15) is 11.8 Å². The van der Waals surface area contributed by atoms with Gasteiger partial charge in [-0.05, 0) is 18.6 Å². The zero-order valence-corrected chi connectivity index (χ0v) is 9.20. The third-order valence-corrected chi connectivity index (χ3v) is 2.26. The standard InChI is InChI=1S/C13H17NO/c1-2-3-4-7-10-15-13-9-6-5-8-12(13)11-14/h5-6,8-9H,2-4,7,10H2,1H3. The second-order valence-electron chi connectivity index (χ2n) is 3.52. The van der Waals surface area contributed by atoms with E-state index in [9.17, 15) is 0 Å². The Morgan fingerprint density at radius 2 is 2.00 bits per heavy atom. The van der Waals surface area contributed by atoms with Crippen LogP contribution in [0.15, 0.2) is 24.3 Å². The Hall–Kier alpha value is -1.49. The first kappa shape index (κ1) is 11.6. The zero-order valence-electron chi connectivity index (χ0n) is 9.20. The molecule has 0 aliphatic rings. The van der Waals surface area contributed by atoms with Gasteiger partial charge in [0.05, 0.1) is 12.2 Å². The maximum absolute atomic E-state index is 8.83. The Morgan fingerprint density at radius 1 is 1.20 bits per heavy atom. The maximum atomic E-state index is 8.83. The Bertz CT molecular complexity index is 328. The molecular weight excluding hydrogens is 186 g/mol. The SMILES string of the molecule is CCCCCCOc1ccccc1C#N. The van der Waals surface area contributed by atoms with E-state index in [2.05, 4.69) is 13.0 Å². The number of benzene rings is 1. The first-order valence-corrected chi connectivity index (χ1v) is 5.50. The number of ether oxygens (including phenoxy) is 1. The van der Waals surface area contributed by atoms with E-state index in [4.69, 9.17) is 10.00 Å². The van der Waals surface area contributed by atoms with E-state index < -0.39 is 0 Å². The lowest BCUT2D eigenvalue weighted by Gasteiger charge is -2.06. The minimum absolute atomic E-state index is 0.619. The molecule has 0 atom stereocenters. The average molecular weight is 203 g/mol. The van der Waals surface area contributed by atoms with E-state index in [1.807, 2.05) is 18.2 Å². The monoisotopic (exact) mass is 203 g/mol. The summed E-state index contributed by atoms with van der Waals surface area (Å²) in [4.78, 5) is 0. The lowest BCUT2D eigenvalue weighted by molar-refractivity contribution is 0.304. The molecule has 1 rings (SSSR count). The fourth-order valence-electron chi connectivity index (χ4n) is 1.40. The number of unbranched alkanes of at least 4 members (excludes halogenated alkanes) is 3. The second-order valence-corrected chi connectivity index (χ2v) is 3.52. The second kappa shape index (κ2) is 6.89. The van der Waals surface area contributed by atoms with Crippen LogP contribution >= 0.6 is 0 Å². The number of nitriles is 1. The van der Waals surface area contributed by atoms with E-state index in [0.717, 1.165) is 6.42 Å². The summed E-state index contributed by atoms with van der Waals surface area (Å²) < 4.78 is 5.55. The molecule has 0 heterocycles. The molecule has 0 aliphatic heterocycles. The summed E-state index contributed by atoms with van der Waals surface area (Å²) in [5.74, 6) is 0.705. The molecule has 0 N–H and O–H groups in total. The van der Waals surface area contributed by atoms with Gasteiger partial charge in [0.2, 0.25) is 0 Å². The molecule has 0 amide bonds. The van der Waals surface area contributed by atoms with Crippen molar-refractivity contribution in [2.45, 2.75) is 32.6 Å². The lowest BCUT2D eigenvalue weighted by atomic mass is 10.2. The minimum atomic E-state index is 0.619. The number of rotatable bonds is 6. The smallest absolute Gasteiger partial charge is 0.137 e. The predicted molar refractivity (Wildman–Crippen MR) is 60.8 cm³/mol. The Kier molecular flexibility index (Phi) is 5.32. The number of nitrogens with zero attached hydrogens (tertiary/aromatic N) is 1. The van der Waals surface area contributed by atoms with Crippen LogP contribution in [0.25, 0.3) is 0 Å². The normalized spacial score (nSPS) is 9.60. The molecule has 0 unspecified atom stereocenters. The highest BCUT2D eigenvalue weighted by Crippen LogP contribution is 2.16. The summed E-state index contributed by atoms with van der Waals surface area (Å²) in [7, 11) is 0. The highest BCUT2D eigenvalue weighted by atomic mass is 16.5. The van der Waals surface area contributed by atoms with Crippen LogP contribution in [-0.4, -0.2) is 6.61 Å². The zero-order chi connectivity index (χ0) is 10.9. The Labute approximate surface area is 91.5 Å². The maximum Gasteiger partial charge on any atom is 0.137 e. The Balaban J connectivity index is 2.34. The van der Waals surface area contributed by atoms with Crippen LogP contribution in [0.5, 0.6) is 5.75 Å². The van der Waals surface area contributed by atoms with Crippen molar-refractivity contribution >= 4 is 0 Å². The minimum Gasteiger partial charge on any atom is -0.492 e. The number of hydrogen-bond acceptors (Lipinski definition) is 2. The fourth-order valence-corrected chi connectivity index (χ4v) is 1.40. The summed E-state index contributed by atoms with van der Waals surface area (Å²) >= 11 is 0. The van der Waals surface area contributed by atoms with Gasteiger partial charge in [0.15, 0.2) is 0 Å². The van der Waals surface area contributed by atoms with Crippen molar-refractivity contribution in [3.05, 3.63) is 29.8 Å². The van der Waals surface area contributed by atoms with Crippen molar-refractivity contribution in [2.24, 2.45) is 0 Å². The summed E-state index contributed by atoms with van der Waals surface area (Å²) in [6.45, 7) is 2.89. The predicted octanol–water partition coefficient (Wildman–Crippen LogP) is 3.52. The van der Waals surface area contributed by atoms with Crippen molar-refractivity contribution in [2.75, 3.05) is 6.61 Å². The molecule has 1 aromatic carbocycles. The van der Waals surface area contributed by atoms with Crippen molar-refractivity contribution in [3.63, 3.8) is 0 Å². The van der Waals surface area contributed by atoms with Crippen LogP contribution in [0.1, 0.15) is 38.2 Å². The van der Waals surface area contributed by atoms with Gasteiger partial charge in [-0.1, -0.05) is 38.3 Å². The molecule has 80 valence electrons. The third kappa shape index (κ3) is 4.03. The molecule has 0 saturated heterocycles. The van der Waals surface area contributed by atoms with Crippen molar-refractivity contribution in [3.8, 4) is 11.8 Å². The number of para-hydroxylation sites is 1. The first-order chi connectivity index (χ1) is 7.38. The summed E-state index contributed by atoms with van der Waals surface area (Å²) in [6.07, 6.45) is 4.75. The largest absolute Gasteiger partial charge is 0.492 e. The van der Waals surface area contributed by atoms with E-state index in [1.54, 1.807) is 6.07 Å². The molecule has 0 bridgehead atoms. The number of hydrogen-bond donors (Lipinski definition) is 0. The van der Waals surface area contributed by atoms with Crippen molar-refractivity contribution < 1.29 is 4.74 Å². The summed E-state index contributed by atoms with van der Waals surface area (Å²) in [5.41, 5.74) is 0.619. The molecule has 0 saturated carbocycles.